The average Bonchev–Trinajstić information content (AvgIpc) is 2.34. The molecule has 60 valence electrons. The summed E-state index contributed by atoms with van der Waals surface area (Å²) >= 11 is 0. The Morgan fingerprint density at radius 2 is 2.36 bits per heavy atom. The smallest absolute Gasteiger partial charge is 0.183 e. The zero-order chi connectivity index (χ0) is 8.27. The van der Waals surface area contributed by atoms with Crippen LogP contribution in [0.1, 0.15) is 13.8 Å². The first-order chi connectivity index (χ1) is 5.22. The SMILES string of the molecule is CBc1cn(CC(C)C)nn1. The number of nitrogens with zero attached hydrogens (tertiary/aromatic N) is 3. The molecule has 0 unspecified atom stereocenters. The van der Waals surface area contributed by atoms with E-state index in [2.05, 4.69) is 31.0 Å². The molecular weight excluding hydrogens is 137 g/mol. The van der Waals surface area contributed by atoms with E-state index in [4.69, 9.17) is 0 Å². The quantitative estimate of drug-likeness (QED) is 0.571. The summed E-state index contributed by atoms with van der Waals surface area (Å²) in [5, 5.41) is 7.99. The molecule has 0 atom stereocenters. The number of rotatable bonds is 3. The summed E-state index contributed by atoms with van der Waals surface area (Å²) in [4.78, 5) is 0. The Morgan fingerprint density at radius 3 is 2.82 bits per heavy atom. The van der Waals surface area contributed by atoms with Gasteiger partial charge in [0.2, 0.25) is 0 Å². The van der Waals surface area contributed by atoms with Gasteiger partial charge in [0, 0.05) is 18.3 Å². The van der Waals surface area contributed by atoms with Crippen LogP contribution in [0, 0.1) is 5.92 Å². The average molecular weight is 151 g/mol. The van der Waals surface area contributed by atoms with E-state index in [1.165, 1.54) is 0 Å². The minimum absolute atomic E-state index is 0.640. The van der Waals surface area contributed by atoms with Crippen LogP contribution >= 0.6 is 0 Å². The third-order valence-corrected chi connectivity index (χ3v) is 1.50. The molecule has 0 saturated carbocycles. The molecule has 1 aromatic heterocycles. The van der Waals surface area contributed by atoms with E-state index in [1.54, 1.807) is 0 Å². The fraction of sp³-hybridized carbons (Fsp3) is 0.714. The van der Waals surface area contributed by atoms with Gasteiger partial charge >= 0.3 is 0 Å². The van der Waals surface area contributed by atoms with Crippen molar-refractivity contribution in [3.8, 4) is 0 Å². The number of hydrogen-bond donors (Lipinski definition) is 0. The first kappa shape index (κ1) is 8.30. The van der Waals surface area contributed by atoms with E-state index in [1.807, 2.05) is 10.9 Å². The van der Waals surface area contributed by atoms with Crippen molar-refractivity contribution in [2.45, 2.75) is 27.2 Å². The molecule has 0 radical (unpaired) electrons. The standard InChI is InChI=1S/C7H14BN3/c1-6(2)4-11-5-7(8-3)9-10-11/h5-6,8H,4H2,1-3H3. The van der Waals surface area contributed by atoms with Crippen molar-refractivity contribution in [1.82, 2.24) is 15.0 Å². The zero-order valence-corrected chi connectivity index (χ0v) is 7.41. The van der Waals surface area contributed by atoms with E-state index >= 15 is 0 Å². The van der Waals surface area contributed by atoms with Gasteiger partial charge < -0.3 is 0 Å². The Morgan fingerprint density at radius 1 is 1.64 bits per heavy atom. The van der Waals surface area contributed by atoms with Crippen LogP contribution in [0.3, 0.4) is 0 Å². The highest BCUT2D eigenvalue weighted by molar-refractivity contribution is 6.50. The van der Waals surface area contributed by atoms with Gasteiger partial charge in [-0.05, 0) is 5.92 Å². The maximum atomic E-state index is 4.00. The minimum Gasteiger partial charge on any atom is -0.253 e. The van der Waals surface area contributed by atoms with Gasteiger partial charge in [-0.15, -0.1) is 5.10 Å². The van der Waals surface area contributed by atoms with Crippen LogP contribution in [0.4, 0.5) is 0 Å². The monoisotopic (exact) mass is 151 g/mol. The Labute approximate surface area is 68.0 Å². The highest BCUT2D eigenvalue weighted by Crippen LogP contribution is 1.94. The van der Waals surface area contributed by atoms with Crippen LogP contribution in [0.15, 0.2) is 6.20 Å². The Hall–Kier alpha value is -0.795. The van der Waals surface area contributed by atoms with Crippen LogP contribution in [0.2, 0.25) is 6.82 Å². The first-order valence-electron chi connectivity index (χ1n) is 4.11. The van der Waals surface area contributed by atoms with E-state index < -0.39 is 0 Å². The molecule has 3 nitrogen and oxygen atoms in total. The van der Waals surface area contributed by atoms with Crippen molar-refractivity contribution < 1.29 is 0 Å². The molecule has 0 aliphatic carbocycles. The maximum absolute atomic E-state index is 4.00. The Balaban J connectivity index is 2.58. The Bertz CT molecular complexity index is 219. The van der Waals surface area contributed by atoms with Gasteiger partial charge in [-0.25, -0.2) is 0 Å². The fourth-order valence-electron chi connectivity index (χ4n) is 0.964. The summed E-state index contributed by atoms with van der Waals surface area (Å²) in [6, 6.07) is 0. The lowest BCUT2D eigenvalue weighted by Crippen LogP contribution is -2.11. The molecule has 0 aliphatic heterocycles. The van der Waals surface area contributed by atoms with Gasteiger partial charge in [-0.2, -0.15) is 0 Å². The summed E-state index contributed by atoms with van der Waals surface area (Å²) in [5.74, 6) is 0.640. The molecular formula is C7H14BN3. The van der Waals surface area contributed by atoms with E-state index in [0.717, 1.165) is 19.4 Å². The predicted molar refractivity (Wildman–Crippen MR) is 47.5 cm³/mol. The van der Waals surface area contributed by atoms with Crippen molar-refractivity contribution in [3.05, 3.63) is 6.20 Å². The number of hydrogen-bond acceptors (Lipinski definition) is 2. The lowest BCUT2D eigenvalue weighted by Gasteiger charge is -2.01. The molecule has 0 fully saturated rings. The molecule has 0 amide bonds. The van der Waals surface area contributed by atoms with Crippen molar-refractivity contribution in [1.29, 1.82) is 0 Å². The molecule has 1 rings (SSSR count). The van der Waals surface area contributed by atoms with Gasteiger partial charge in [0.25, 0.3) is 0 Å². The van der Waals surface area contributed by atoms with Gasteiger partial charge in [0.15, 0.2) is 7.28 Å². The second-order valence-electron chi connectivity index (χ2n) is 3.18. The van der Waals surface area contributed by atoms with E-state index in [9.17, 15) is 0 Å². The third kappa shape index (κ3) is 2.37. The van der Waals surface area contributed by atoms with Crippen molar-refractivity contribution in [3.63, 3.8) is 0 Å². The lowest BCUT2D eigenvalue weighted by molar-refractivity contribution is 0.472. The molecule has 0 saturated heterocycles. The van der Waals surface area contributed by atoms with Gasteiger partial charge in [0.1, 0.15) is 0 Å². The molecule has 4 heteroatoms. The molecule has 11 heavy (non-hydrogen) atoms. The molecule has 1 aromatic rings. The fourth-order valence-corrected chi connectivity index (χ4v) is 0.964. The van der Waals surface area contributed by atoms with E-state index in [-0.39, 0.29) is 0 Å². The third-order valence-electron chi connectivity index (χ3n) is 1.50. The summed E-state index contributed by atoms with van der Waals surface area (Å²) in [6.07, 6.45) is 2.01. The largest absolute Gasteiger partial charge is 0.253 e. The molecule has 1 heterocycles. The van der Waals surface area contributed by atoms with Crippen LogP contribution in [-0.4, -0.2) is 22.3 Å². The second kappa shape index (κ2) is 3.55. The summed E-state index contributed by atoms with van der Waals surface area (Å²) in [7, 11) is 0.970. The van der Waals surface area contributed by atoms with Crippen LogP contribution in [0.5, 0.6) is 0 Å². The summed E-state index contributed by atoms with van der Waals surface area (Å²) < 4.78 is 1.91. The van der Waals surface area contributed by atoms with Crippen LogP contribution in [0.25, 0.3) is 0 Å². The second-order valence-corrected chi connectivity index (χ2v) is 3.18. The van der Waals surface area contributed by atoms with Crippen molar-refractivity contribution in [2.24, 2.45) is 5.92 Å². The molecule has 0 spiro atoms. The topological polar surface area (TPSA) is 30.7 Å². The normalized spacial score (nSPS) is 10.5. The summed E-state index contributed by atoms with van der Waals surface area (Å²) in [6.45, 7) is 7.40. The lowest BCUT2D eigenvalue weighted by atomic mass is 9.79. The molecule has 0 aromatic carbocycles. The summed E-state index contributed by atoms with van der Waals surface area (Å²) in [5.41, 5.74) is 1.07. The van der Waals surface area contributed by atoms with Gasteiger partial charge in [-0.1, -0.05) is 25.9 Å². The number of aromatic nitrogens is 3. The van der Waals surface area contributed by atoms with Gasteiger partial charge in [0.05, 0.1) is 0 Å². The van der Waals surface area contributed by atoms with Crippen LogP contribution < -0.4 is 5.59 Å². The molecule has 0 bridgehead atoms. The minimum atomic E-state index is 0.640. The van der Waals surface area contributed by atoms with Crippen molar-refractivity contribution >= 4 is 12.9 Å². The van der Waals surface area contributed by atoms with Crippen LogP contribution in [-0.2, 0) is 6.54 Å². The molecule has 0 N–H and O–H groups in total. The van der Waals surface area contributed by atoms with Gasteiger partial charge in [-0.3, -0.25) is 4.68 Å². The first-order valence-corrected chi connectivity index (χ1v) is 4.11. The van der Waals surface area contributed by atoms with Crippen molar-refractivity contribution in [2.75, 3.05) is 0 Å². The highest BCUT2D eigenvalue weighted by atomic mass is 15.4. The predicted octanol–water partition coefficient (Wildman–Crippen LogP) is 0.0440. The Kier molecular flexibility index (Phi) is 2.68. The maximum Gasteiger partial charge on any atom is 0.183 e. The van der Waals surface area contributed by atoms with E-state index in [0.29, 0.717) is 5.92 Å². The molecule has 0 aliphatic rings. The highest BCUT2D eigenvalue weighted by Gasteiger charge is 1.99. The zero-order valence-electron chi connectivity index (χ0n) is 7.41.